The Hall–Kier alpha value is -2.90. The molecule has 1 aromatic heterocycles. The fourth-order valence-corrected chi connectivity index (χ4v) is 4.96. The highest BCUT2D eigenvalue weighted by Crippen LogP contribution is 2.35. The lowest BCUT2D eigenvalue weighted by atomic mass is 10.1. The van der Waals surface area contributed by atoms with E-state index >= 15 is 0 Å². The molecule has 170 valence electrons. The van der Waals surface area contributed by atoms with Crippen LogP contribution in [0.15, 0.2) is 65.7 Å². The lowest BCUT2D eigenvalue weighted by Crippen LogP contribution is -2.28. The number of unbranched alkanes of at least 4 members (excludes halogenated alkanes) is 2. The summed E-state index contributed by atoms with van der Waals surface area (Å²) in [5.74, 6) is 0.796. The molecule has 2 aromatic carbocycles. The molecule has 3 aromatic rings. The Morgan fingerprint density at radius 1 is 1.06 bits per heavy atom. The van der Waals surface area contributed by atoms with Crippen molar-refractivity contribution in [1.29, 1.82) is 0 Å². The number of carbonyl (C=O) groups excluding carboxylic acids is 1. The summed E-state index contributed by atoms with van der Waals surface area (Å²) in [7, 11) is 0. The number of benzene rings is 2. The Morgan fingerprint density at radius 2 is 1.82 bits per heavy atom. The van der Waals surface area contributed by atoms with Crippen LogP contribution in [0.25, 0.3) is 23.0 Å². The minimum Gasteiger partial charge on any atom is -0.494 e. The van der Waals surface area contributed by atoms with Crippen LogP contribution in [0.2, 0.25) is 0 Å². The molecule has 1 aliphatic heterocycles. The summed E-state index contributed by atoms with van der Waals surface area (Å²) in [6, 6.07) is 17.8. The summed E-state index contributed by atoms with van der Waals surface area (Å²) in [5, 5.41) is 4.86. The summed E-state index contributed by atoms with van der Waals surface area (Å²) in [4.78, 5) is 15.4. The highest BCUT2D eigenvalue weighted by Gasteiger charge is 2.32. The Labute approximate surface area is 204 Å². The summed E-state index contributed by atoms with van der Waals surface area (Å²) >= 11 is 6.86. The van der Waals surface area contributed by atoms with Gasteiger partial charge in [-0.1, -0.05) is 61.9 Å². The second-order valence-corrected chi connectivity index (χ2v) is 9.39. The molecule has 33 heavy (non-hydrogen) atoms. The van der Waals surface area contributed by atoms with E-state index in [4.69, 9.17) is 22.1 Å². The summed E-state index contributed by atoms with van der Waals surface area (Å²) in [6.45, 7) is 5.40. The van der Waals surface area contributed by atoms with Gasteiger partial charge in [0.2, 0.25) is 0 Å². The van der Waals surface area contributed by atoms with Gasteiger partial charge < -0.3 is 4.74 Å². The number of amides is 1. The molecule has 2 heterocycles. The van der Waals surface area contributed by atoms with Gasteiger partial charge in [0.15, 0.2) is 0 Å². The molecule has 0 spiro atoms. The Morgan fingerprint density at radius 3 is 2.52 bits per heavy atom. The van der Waals surface area contributed by atoms with Crippen LogP contribution in [0.3, 0.4) is 0 Å². The van der Waals surface area contributed by atoms with E-state index in [2.05, 4.69) is 6.92 Å². The second-order valence-electron chi connectivity index (χ2n) is 7.71. The van der Waals surface area contributed by atoms with Crippen molar-refractivity contribution in [3.8, 4) is 22.7 Å². The number of para-hydroxylation sites is 1. The number of thiocarbonyl (C=S) groups is 1. The maximum atomic E-state index is 13.1. The normalized spacial score (nSPS) is 15.0. The molecular weight excluding hydrogens is 450 g/mol. The molecule has 1 saturated heterocycles. The van der Waals surface area contributed by atoms with Crippen molar-refractivity contribution in [3.63, 3.8) is 0 Å². The van der Waals surface area contributed by atoms with Crippen molar-refractivity contribution in [2.45, 2.75) is 33.1 Å². The number of carbonyl (C=O) groups is 1. The number of rotatable bonds is 9. The average Bonchev–Trinajstić information content (AvgIpc) is 3.37. The summed E-state index contributed by atoms with van der Waals surface area (Å²) < 4.78 is 8.05. The van der Waals surface area contributed by atoms with Gasteiger partial charge in [0.25, 0.3) is 5.91 Å². The fourth-order valence-electron chi connectivity index (χ4n) is 3.66. The zero-order valence-electron chi connectivity index (χ0n) is 18.9. The van der Waals surface area contributed by atoms with Crippen LogP contribution in [0, 0.1) is 0 Å². The van der Waals surface area contributed by atoms with E-state index in [9.17, 15) is 4.79 Å². The maximum absolute atomic E-state index is 13.1. The molecule has 4 rings (SSSR count). The van der Waals surface area contributed by atoms with Crippen molar-refractivity contribution >= 4 is 40.3 Å². The van der Waals surface area contributed by atoms with Crippen LogP contribution in [0.4, 0.5) is 0 Å². The monoisotopic (exact) mass is 477 g/mol. The molecule has 0 atom stereocenters. The van der Waals surface area contributed by atoms with Crippen LogP contribution in [0.1, 0.15) is 38.7 Å². The van der Waals surface area contributed by atoms with Gasteiger partial charge in [0.05, 0.1) is 22.9 Å². The first kappa shape index (κ1) is 23.3. The molecule has 5 nitrogen and oxygen atoms in total. The van der Waals surface area contributed by atoms with Crippen LogP contribution in [-0.4, -0.2) is 38.1 Å². The maximum Gasteiger partial charge on any atom is 0.266 e. The molecule has 0 bridgehead atoms. The molecule has 0 saturated carbocycles. The number of aromatic nitrogens is 2. The van der Waals surface area contributed by atoms with Crippen molar-refractivity contribution < 1.29 is 9.53 Å². The number of ether oxygens (including phenoxy) is 1. The van der Waals surface area contributed by atoms with Crippen molar-refractivity contribution in [2.24, 2.45) is 0 Å². The predicted molar refractivity (Wildman–Crippen MR) is 140 cm³/mol. The quantitative estimate of drug-likeness (QED) is 0.205. The molecule has 0 aliphatic carbocycles. The third-order valence-corrected chi connectivity index (χ3v) is 6.73. The first-order chi connectivity index (χ1) is 16.1. The molecule has 0 unspecified atom stereocenters. The molecule has 0 radical (unpaired) electrons. The topological polar surface area (TPSA) is 47.4 Å². The van der Waals surface area contributed by atoms with E-state index in [1.807, 2.05) is 78.5 Å². The molecule has 1 amide bonds. The number of hydrogen-bond acceptors (Lipinski definition) is 5. The summed E-state index contributed by atoms with van der Waals surface area (Å²) in [6.07, 6.45) is 7.03. The van der Waals surface area contributed by atoms with Crippen molar-refractivity contribution in [3.05, 3.63) is 71.3 Å². The van der Waals surface area contributed by atoms with Crippen LogP contribution >= 0.6 is 24.0 Å². The predicted octanol–water partition coefficient (Wildman–Crippen LogP) is 6.33. The molecule has 7 heteroatoms. The van der Waals surface area contributed by atoms with Gasteiger partial charge in [-0.25, -0.2) is 4.68 Å². The van der Waals surface area contributed by atoms with E-state index < -0.39 is 0 Å². The second kappa shape index (κ2) is 10.8. The van der Waals surface area contributed by atoms with Gasteiger partial charge in [-0.05, 0) is 55.8 Å². The Balaban J connectivity index is 1.70. The fraction of sp³-hybridized carbons (Fsp3) is 0.269. The molecule has 0 N–H and O–H groups in total. The highest BCUT2D eigenvalue weighted by atomic mass is 32.2. The SMILES string of the molecule is CCCCCN1C(=O)/C(=C/c2cn(-c3ccccc3)nc2-c2ccc(OCC)cc2)SC1=S. The minimum atomic E-state index is -0.0220. The average molecular weight is 478 g/mol. The molecule has 1 fully saturated rings. The van der Waals surface area contributed by atoms with Gasteiger partial charge in [0.1, 0.15) is 10.1 Å². The van der Waals surface area contributed by atoms with Crippen molar-refractivity contribution in [2.75, 3.05) is 13.2 Å². The smallest absolute Gasteiger partial charge is 0.266 e. The standard InChI is InChI=1S/C26H27N3O2S2/c1-3-5-9-16-28-25(30)23(33-26(28)32)17-20-18-29(21-10-7-6-8-11-21)27-24(20)19-12-14-22(15-13-19)31-4-2/h6-8,10-15,17-18H,3-5,9,16H2,1-2H3/b23-17-. The number of hydrogen-bond donors (Lipinski definition) is 0. The third-order valence-electron chi connectivity index (χ3n) is 5.35. The molecular formula is C26H27N3O2S2. The van der Waals surface area contributed by atoms with E-state index in [1.165, 1.54) is 11.8 Å². The van der Waals surface area contributed by atoms with E-state index in [0.717, 1.165) is 47.5 Å². The Bertz CT molecular complexity index is 1150. The largest absolute Gasteiger partial charge is 0.494 e. The van der Waals surface area contributed by atoms with Gasteiger partial charge in [-0.2, -0.15) is 5.10 Å². The van der Waals surface area contributed by atoms with Gasteiger partial charge >= 0.3 is 0 Å². The van der Waals surface area contributed by atoms with E-state index in [0.29, 0.717) is 22.4 Å². The number of nitrogens with zero attached hydrogens (tertiary/aromatic N) is 3. The summed E-state index contributed by atoms with van der Waals surface area (Å²) in [5.41, 5.74) is 3.59. The lowest BCUT2D eigenvalue weighted by Gasteiger charge is -2.13. The lowest BCUT2D eigenvalue weighted by molar-refractivity contribution is -0.122. The number of thioether (sulfide) groups is 1. The van der Waals surface area contributed by atoms with Crippen LogP contribution in [0.5, 0.6) is 5.75 Å². The van der Waals surface area contributed by atoms with Gasteiger partial charge in [0, 0.05) is 23.9 Å². The van der Waals surface area contributed by atoms with Crippen molar-refractivity contribution in [1.82, 2.24) is 14.7 Å². The minimum absolute atomic E-state index is 0.0220. The van der Waals surface area contributed by atoms with Gasteiger partial charge in [-0.3, -0.25) is 9.69 Å². The zero-order valence-corrected chi connectivity index (χ0v) is 20.5. The van der Waals surface area contributed by atoms with Crippen LogP contribution in [-0.2, 0) is 4.79 Å². The van der Waals surface area contributed by atoms with Gasteiger partial charge in [-0.15, -0.1) is 0 Å². The first-order valence-electron chi connectivity index (χ1n) is 11.2. The first-order valence-corrected chi connectivity index (χ1v) is 12.5. The van der Waals surface area contributed by atoms with Crippen LogP contribution < -0.4 is 4.74 Å². The Kier molecular flexibility index (Phi) is 7.62. The van der Waals surface area contributed by atoms with E-state index in [-0.39, 0.29) is 5.91 Å². The zero-order chi connectivity index (χ0) is 23.2. The third kappa shape index (κ3) is 5.37. The molecule has 1 aliphatic rings. The van der Waals surface area contributed by atoms with E-state index in [1.54, 1.807) is 4.90 Å². The highest BCUT2D eigenvalue weighted by molar-refractivity contribution is 8.26.